The fourth-order valence-corrected chi connectivity index (χ4v) is 6.20. The number of carboxylic acid groups (broad SMARTS) is 1. The van der Waals surface area contributed by atoms with Gasteiger partial charge in [0.05, 0.1) is 0 Å². The molecule has 2 atom stereocenters. The summed E-state index contributed by atoms with van der Waals surface area (Å²) in [7, 11) is 1.26. The maximum atomic E-state index is 12.8. The molecule has 1 aromatic heterocycles. The standard InChI is InChI=1S/C17H15N5O7S3/c1-28-21-10(7-4-31-17(18)19-7)13(24)20-11-14(25)22-12(16(26)27)8(5-30-15(11)22)32-6-2-9(23)29-3-6/h2,4,11,15H,3,5H2,1H3,(H2,18,19)(H,20,24)(H,26,27)/b21-10-/t11-,15+/m1/s1. The SMILES string of the molecule is CO/N=C(\C(=O)N[C@@H]1C(=O)N2C(C(=O)O)=C(SC3=CC(=O)OC3)CS[C@@H]12)c1csc(N)n1. The van der Waals surface area contributed by atoms with Crippen molar-refractivity contribution >= 4 is 69.5 Å². The van der Waals surface area contributed by atoms with Gasteiger partial charge in [-0.3, -0.25) is 14.5 Å². The minimum atomic E-state index is -1.28. The van der Waals surface area contributed by atoms with E-state index in [4.69, 9.17) is 15.3 Å². The summed E-state index contributed by atoms with van der Waals surface area (Å²) in [4.78, 5) is 59.5. The molecule has 0 unspecified atom stereocenters. The Bertz CT molecular complexity index is 1110. The van der Waals surface area contributed by atoms with Crippen molar-refractivity contribution in [3.63, 3.8) is 0 Å². The molecule has 168 valence electrons. The third kappa shape index (κ3) is 4.05. The molecule has 0 aliphatic carbocycles. The molecule has 3 aliphatic rings. The molecule has 3 aliphatic heterocycles. The van der Waals surface area contributed by atoms with E-state index < -0.39 is 35.2 Å². The van der Waals surface area contributed by atoms with Crippen LogP contribution in [0.25, 0.3) is 0 Å². The zero-order chi connectivity index (χ0) is 23.0. The van der Waals surface area contributed by atoms with Crippen molar-refractivity contribution in [1.82, 2.24) is 15.2 Å². The van der Waals surface area contributed by atoms with Crippen LogP contribution < -0.4 is 11.1 Å². The maximum absolute atomic E-state index is 12.8. The minimum absolute atomic E-state index is 0.0589. The summed E-state index contributed by atoms with van der Waals surface area (Å²) in [5.74, 6) is -2.77. The van der Waals surface area contributed by atoms with Crippen molar-refractivity contribution in [2.75, 3.05) is 25.2 Å². The molecule has 1 aromatic rings. The minimum Gasteiger partial charge on any atom is -0.477 e. The Kier molecular flexibility index (Phi) is 6.12. The molecule has 1 fully saturated rings. The highest BCUT2D eigenvalue weighted by Crippen LogP contribution is 2.45. The number of hydrogen-bond donors (Lipinski definition) is 3. The zero-order valence-electron chi connectivity index (χ0n) is 16.3. The molecule has 0 saturated carbocycles. The number of thiazole rings is 1. The van der Waals surface area contributed by atoms with E-state index in [9.17, 15) is 24.3 Å². The largest absolute Gasteiger partial charge is 0.477 e. The smallest absolute Gasteiger partial charge is 0.353 e. The predicted octanol–water partition coefficient (Wildman–Crippen LogP) is -0.0542. The second kappa shape index (κ2) is 8.84. The molecule has 1 saturated heterocycles. The lowest BCUT2D eigenvalue weighted by Crippen LogP contribution is -2.71. The molecule has 0 bridgehead atoms. The van der Waals surface area contributed by atoms with E-state index in [-0.39, 0.29) is 34.6 Å². The van der Waals surface area contributed by atoms with Gasteiger partial charge in [0.1, 0.15) is 36.5 Å². The Morgan fingerprint density at radius 3 is 2.84 bits per heavy atom. The number of nitrogens with zero attached hydrogens (tertiary/aromatic N) is 3. The Morgan fingerprint density at radius 1 is 1.47 bits per heavy atom. The van der Waals surface area contributed by atoms with Crippen molar-refractivity contribution in [2.45, 2.75) is 11.4 Å². The predicted molar refractivity (Wildman–Crippen MR) is 116 cm³/mol. The third-order valence-electron chi connectivity index (χ3n) is 4.47. The number of carbonyl (C=O) groups is 4. The van der Waals surface area contributed by atoms with Crippen molar-refractivity contribution in [3.05, 3.63) is 32.7 Å². The lowest BCUT2D eigenvalue weighted by atomic mass is 10.0. The number of rotatable bonds is 7. The molecule has 15 heteroatoms. The summed E-state index contributed by atoms with van der Waals surface area (Å²) in [5, 5.41) is 17.1. The lowest BCUT2D eigenvalue weighted by Gasteiger charge is -2.49. The highest BCUT2D eigenvalue weighted by atomic mass is 32.2. The van der Waals surface area contributed by atoms with Crippen molar-refractivity contribution in [1.29, 1.82) is 0 Å². The number of aromatic nitrogens is 1. The second-order valence-electron chi connectivity index (χ2n) is 6.45. The average molecular weight is 498 g/mol. The van der Waals surface area contributed by atoms with E-state index in [0.717, 1.165) is 28.0 Å². The molecule has 32 heavy (non-hydrogen) atoms. The van der Waals surface area contributed by atoms with E-state index in [1.54, 1.807) is 0 Å². The van der Waals surface area contributed by atoms with Gasteiger partial charge in [0.25, 0.3) is 11.8 Å². The number of hydrogen-bond acceptors (Lipinski definition) is 12. The molecule has 2 amide bonds. The maximum Gasteiger partial charge on any atom is 0.353 e. The van der Waals surface area contributed by atoms with E-state index >= 15 is 0 Å². The number of carbonyl (C=O) groups excluding carboxylic acids is 3. The highest BCUT2D eigenvalue weighted by Gasteiger charge is 2.54. The summed E-state index contributed by atoms with van der Waals surface area (Å²) >= 11 is 3.50. The molecular formula is C17H15N5O7S3. The summed E-state index contributed by atoms with van der Waals surface area (Å²) in [5.41, 5.74) is 5.47. The fraction of sp³-hybridized carbons (Fsp3) is 0.294. The van der Waals surface area contributed by atoms with Crippen LogP contribution in [0, 0.1) is 0 Å². The Balaban J connectivity index is 1.52. The number of carboxylic acids is 1. The first-order chi connectivity index (χ1) is 15.3. The van der Waals surface area contributed by atoms with Crippen molar-refractivity contribution < 1.29 is 33.9 Å². The van der Waals surface area contributed by atoms with Crippen LogP contribution >= 0.6 is 34.9 Å². The Labute approximate surface area is 192 Å². The fourth-order valence-electron chi connectivity index (χ4n) is 3.15. The van der Waals surface area contributed by atoms with Gasteiger partial charge in [-0.05, 0) is 0 Å². The molecule has 0 spiro atoms. The van der Waals surface area contributed by atoms with Crippen LogP contribution in [0.4, 0.5) is 5.13 Å². The van der Waals surface area contributed by atoms with E-state index in [2.05, 4.69) is 15.5 Å². The summed E-state index contributed by atoms with van der Waals surface area (Å²) in [6, 6.07) is -0.956. The second-order valence-corrected chi connectivity index (χ2v) is 9.67. The first kappa shape index (κ1) is 22.2. The third-order valence-corrected chi connectivity index (χ3v) is 7.69. The number of esters is 1. The number of ether oxygens (including phenoxy) is 1. The van der Waals surface area contributed by atoms with Crippen LogP contribution in [0.5, 0.6) is 0 Å². The highest BCUT2D eigenvalue weighted by molar-refractivity contribution is 8.09. The van der Waals surface area contributed by atoms with Gasteiger partial charge in [0.15, 0.2) is 10.8 Å². The Hall–Kier alpha value is -3.04. The van der Waals surface area contributed by atoms with Gasteiger partial charge in [0, 0.05) is 27.0 Å². The van der Waals surface area contributed by atoms with Crippen LogP contribution in [0.15, 0.2) is 32.1 Å². The summed E-state index contributed by atoms with van der Waals surface area (Å²) in [6.45, 7) is 0.0589. The molecule has 4 heterocycles. The number of thioether (sulfide) groups is 2. The molecular weight excluding hydrogens is 482 g/mol. The summed E-state index contributed by atoms with van der Waals surface area (Å²) < 4.78 is 4.84. The van der Waals surface area contributed by atoms with Crippen LogP contribution in [-0.4, -0.2) is 75.3 Å². The van der Waals surface area contributed by atoms with Gasteiger partial charge in [-0.1, -0.05) is 16.9 Å². The number of nitrogen functional groups attached to an aromatic ring is 1. The quantitative estimate of drug-likeness (QED) is 0.199. The molecule has 0 radical (unpaired) electrons. The van der Waals surface area contributed by atoms with Crippen LogP contribution in [0.2, 0.25) is 0 Å². The monoisotopic (exact) mass is 497 g/mol. The van der Waals surface area contributed by atoms with Crippen LogP contribution in [0.1, 0.15) is 5.69 Å². The molecule has 12 nitrogen and oxygen atoms in total. The van der Waals surface area contributed by atoms with Gasteiger partial charge in [-0.25, -0.2) is 14.6 Å². The number of cyclic esters (lactones) is 1. The van der Waals surface area contributed by atoms with Crippen molar-refractivity contribution in [2.24, 2.45) is 5.16 Å². The normalized spacial score (nSPS) is 22.7. The summed E-state index contributed by atoms with van der Waals surface area (Å²) in [6.07, 6.45) is 1.29. The number of β-lactam (4-membered cyclic amide) rings is 1. The molecule has 0 aromatic carbocycles. The van der Waals surface area contributed by atoms with E-state index in [1.807, 2.05) is 0 Å². The number of amides is 2. The number of anilines is 1. The number of nitrogens with one attached hydrogen (secondary N) is 1. The number of fused-ring (bicyclic) bond motifs is 1. The number of oxime groups is 1. The first-order valence-corrected chi connectivity index (χ1v) is 11.6. The van der Waals surface area contributed by atoms with Gasteiger partial charge in [-0.15, -0.1) is 23.1 Å². The van der Waals surface area contributed by atoms with Gasteiger partial charge in [-0.2, -0.15) is 0 Å². The number of nitrogens with two attached hydrogens (primary N) is 1. The Morgan fingerprint density at radius 2 is 2.25 bits per heavy atom. The van der Waals surface area contributed by atoms with E-state index in [1.165, 1.54) is 30.3 Å². The molecule has 4 N–H and O–H groups in total. The van der Waals surface area contributed by atoms with E-state index in [0.29, 0.717) is 9.81 Å². The number of aliphatic carboxylic acids is 1. The molecule has 4 rings (SSSR count). The van der Waals surface area contributed by atoms with Gasteiger partial charge < -0.3 is 25.7 Å². The van der Waals surface area contributed by atoms with Gasteiger partial charge in [0.2, 0.25) is 0 Å². The van der Waals surface area contributed by atoms with Crippen LogP contribution in [-0.2, 0) is 28.8 Å². The van der Waals surface area contributed by atoms with Crippen molar-refractivity contribution in [3.8, 4) is 0 Å². The topological polar surface area (TPSA) is 174 Å². The van der Waals surface area contributed by atoms with Crippen LogP contribution in [0.3, 0.4) is 0 Å². The average Bonchev–Trinajstić information content (AvgIpc) is 3.37. The first-order valence-electron chi connectivity index (χ1n) is 8.89. The van der Waals surface area contributed by atoms with Gasteiger partial charge >= 0.3 is 11.9 Å². The zero-order valence-corrected chi connectivity index (χ0v) is 18.7. The lowest BCUT2D eigenvalue weighted by molar-refractivity contribution is -0.150.